The molecule has 2 fully saturated rings. The quantitative estimate of drug-likeness (QED) is 0.440. The third-order valence-corrected chi connectivity index (χ3v) is 6.69. The first-order valence-corrected chi connectivity index (χ1v) is 12.5. The van der Waals surface area contributed by atoms with Crippen LogP contribution in [0.15, 0.2) is 30.3 Å². The van der Waals surface area contributed by atoms with E-state index in [1.165, 1.54) is 4.57 Å². The number of nitrogens with zero attached hydrogens (tertiary/aromatic N) is 5. The zero-order valence-corrected chi connectivity index (χ0v) is 20.4. The number of fused-ring (bicyclic) bond motifs is 1. The maximum absolute atomic E-state index is 14.0. The van der Waals surface area contributed by atoms with E-state index >= 15 is 0 Å². The number of para-hydroxylation sites is 2. The standard InChI is InChI=1S/C25H32F2N6O3/c1-34-14-15-36-18-8-6-17(7-9-18)28-25-30-21(32-10-12-35-13-11-32)16-22(31-25)33-20-5-3-2-4-19(20)29-24(33)23(26)27/h2-5,16-18,23H,6-15H2,1H3,(H,28,30,31)/t17-,18-. The number of ether oxygens (including phenoxy) is 3. The molecule has 36 heavy (non-hydrogen) atoms. The number of rotatable bonds is 9. The number of methoxy groups -OCH3 is 1. The number of hydrogen-bond donors (Lipinski definition) is 1. The van der Waals surface area contributed by atoms with E-state index in [4.69, 9.17) is 24.2 Å². The minimum atomic E-state index is -2.75. The number of imidazole rings is 1. The number of aromatic nitrogens is 4. The van der Waals surface area contributed by atoms with E-state index in [1.807, 2.05) is 6.07 Å². The molecule has 2 aliphatic rings. The molecule has 1 aliphatic carbocycles. The van der Waals surface area contributed by atoms with Gasteiger partial charge in [0.25, 0.3) is 6.43 Å². The normalized spacial score (nSPS) is 20.8. The summed E-state index contributed by atoms with van der Waals surface area (Å²) in [5, 5.41) is 3.47. The summed E-state index contributed by atoms with van der Waals surface area (Å²) in [5.41, 5.74) is 1.08. The molecule has 1 aliphatic heterocycles. The van der Waals surface area contributed by atoms with Gasteiger partial charge in [-0.15, -0.1) is 0 Å². The zero-order valence-electron chi connectivity index (χ0n) is 20.4. The third kappa shape index (κ3) is 5.58. The molecule has 0 amide bonds. The lowest BCUT2D eigenvalue weighted by Crippen LogP contribution is -2.37. The lowest BCUT2D eigenvalue weighted by Gasteiger charge is -2.30. The van der Waals surface area contributed by atoms with Crippen LogP contribution in [0.25, 0.3) is 16.9 Å². The van der Waals surface area contributed by atoms with Crippen LogP contribution in [0.5, 0.6) is 0 Å². The van der Waals surface area contributed by atoms with Crippen molar-refractivity contribution in [2.75, 3.05) is 56.8 Å². The molecule has 0 radical (unpaired) electrons. The number of anilines is 2. The van der Waals surface area contributed by atoms with Gasteiger partial charge in [-0.25, -0.2) is 13.8 Å². The van der Waals surface area contributed by atoms with E-state index in [1.54, 1.807) is 31.4 Å². The topological polar surface area (TPSA) is 86.6 Å². The fraction of sp³-hybridized carbons (Fsp3) is 0.560. The van der Waals surface area contributed by atoms with Gasteiger partial charge in [0.15, 0.2) is 5.82 Å². The number of benzene rings is 1. The first-order valence-electron chi connectivity index (χ1n) is 12.5. The van der Waals surface area contributed by atoms with Crippen molar-refractivity contribution in [3.8, 4) is 5.82 Å². The summed E-state index contributed by atoms with van der Waals surface area (Å²) in [6.07, 6.45) is 1.16. The van der Waals surface area contributed by atoms with Crippen molar-refractivity contribution >= 4 is 22.8 Å². The van der Waals surface area contributed by atoms with Gasteiger partial charge in [0.1, 0.15) is 11.6 Å². The van der Waals surface area contributed by atoms with E-state index in [0.29, 0.717) is 68.1 Å². The summed E-state index contributed by atoms with van der Waals surface area (Å²) in [6.45, 7) is 3.71. The molecular formula is C25H32F2N6O3. The van der Waals surface area contributed by atoms with Crippen LogP contribution in [0.3, 0.4) is 0 Å². The molecule has 0 bridgehead atoms. The number of nitrogens with one attached hydrogen (secondary N) is 1. The average molecular weight is 503 g/mol. The Bertz CT molecular complexity index is 1150. The Kier molecular flexibility index (Phi) is 7.88. The molecule has 2 aromatic heterocycles. The van der Waals surface area contributed by atoms with E-state index in [2.05, 4.69) is 15.2 Å². The number of alkyl halides is 2. The van der Waals surface area contributed by atoms with Crippen molar-refractivity contribution in [3.05, 3.63) is 36.2 Å². The fourth-order valence-corrected chi connectivity index (χ4v) is 4.84. The minimum absolute atomic E-state index is 0.175. The number of halogens is 2. The van der Waals surface area contributed by atoms with Crippen LogP contribution in [-0.2, 0) is 14.2 Å². The molecular weight excluding hydrogens is 470 g/mol. The molecule has 3 aromatic rings. The predicted molar refractivity (Wildman–Crippen MR) is 132 cm³/mol. The SMILES string of the molecule is COCCO[C@H]1CC[C@H](Nc2nc(N3CCOCC3)cc(-n3c(C(F)F)nc4ccccc43)n2)CC1. The third-order valence-electron chi connectivity index (χ3n) is 6.69. The molecule has 0 spiro atoms. The highest BCUT2D eigenvalue weighted by atomic mass is 19.3. The molecule has 1 saturated heterocycles. The maximum atomic E-state index is 14.0. The summed E-state index contributed by atoms with van der Waals surface area (Å²) in [6, 6.07) is 9.05. The largest absolute Gasteiger partial charge is 0.382 e. The van der Waals surface area contributed by atoms with Crippen molar-refractivity contribution in [3.63, 3.8) is 0 Å². The molecule has 3 heterocycles. The Hall–Kier alpha value is -2.89. The molecule has 0 unspecified atom stereocenters. The summed E-state index contributed by atoms with van der Waals surface area (Å²) >= 11 is 0. The van der Waals surface area contributed by atoms with Gasteiger partial charge in [-0.05, 0) is 37.8 Å². The predicted octanol–water partition coefficient (Wildman–Crippen LogP) is 3.98. The van der Waals surface area contributed by atoms with Gasteiger partial charge in [-0.3, -0.25) is 4.57 Å². The second-order valence-electron chi connectivity index (χ2n) is 9.08. The zero-order chi connectivity index (χ0) is 24.9. The van der Waals surface area contributed by atoms with Crippen LogP contribution in [0.4, 0.5) is 20.5 Å². The van der Waals surface area contributed by atoms with Crippen molar-refractivity contribution in [1.29, 1.82) is 0 Å². The Balaban J connectivity index is 1.44. The van der Waals surface area contributed by atoms with E-state index in [0.717, 1.165) is 25.7 Å². The molecule has 194 valence electrons. The van der Waals surface area contributed by atoms with Gasteiger partial charge < -0.3 is 24.4 Å². The highest BCUT2D eigenvalue weighted by molar-refractivity contribution is 5.78. The van der Waals surface area contributed by atoms with Crippen molar-refractivity contribution in [2.45, 2.75) is 44.3 Å². The van der Waals surface area contributed by atoms with E-state index in [-0.39, 0.29) is 18.0 Å². The van der Waals surface area contributed by atoms with Gasteiger partial charge >= 0.3 is 0 Å². The van der Waals surface area contributed by atoms with Crippen molar-refractivity contribution in [2.24, 2.45) is 0 Å². The summed E-state index contributed by atoms with van der Waals surface area (Å²) in [4.78, 5) is 15.8. The monoisotopic (exact) mass is 502 g/mol. The Morgan fingerprint density at radius 2 is 1.78 bits per heavy atom. The average Bonchev–Trinajstić information content (AvgIpc) is 3.30. The Labute approximate surface area is 208 Å². The van der Waals surface area contributed by atoms with Gasteiger partial charge in [0, 0.05) is 32.3 Å². The first-order chi connectivity index (χ1) is 17.6. The van der Waals surface area contributed by atoms with Gasteiger partial charge in [-0.1, -0.05) is 12.1 Å². The lowest BCUT2D eigenvalue weighted by molar-refractivity contribution is -0.00157. The first kappa shape index (κ1) is 24.8. The molecule has 1 saturated carbocycles. The van der Waals surface area contributed by atoms with Crippen LogP contribution in [0, 0.1) is 0 Å². The molecule has 11 heteroatoms. The number of hydrogen-bond acceptors (Lipinski definition) is 8. The lowest BCUT2D eigenvalue weighted by atomic mass is 9.93. The molecule has 1 N–H and O–H groups in total. The minimum Gasteiger partial charge on any atom is -0.382 e. The summed E-state index contributed by atoms with van der Waals surface area (Å²) in [7, 11) is 1.67. The van der Waals surface area contributed by atoms with Crippen LogP contribution in [-0.4, -0.2) is 78.3 Å². The summed E-state index contributed by atoms with van der Waals surface area (Å²) < 4.78 is 46.0. The van der Waals surface area contributed by atoms with Crippen LogP contribution in [0.1, 0.15) is 37.9 Å². The van der Waals surface area contributed by atoms with Crippen LogP contribution < -0.4 is 10.2 Å². The second-order valence-corrected chi connectivity index (χ2v) is 9.08. The highest BCUT2D eigenvalue weighted by Crippen LogP contribution is 2.30. The Morgan fingerprint density at radius 3 is 2.53 bits per heavy atom. The molecule has 9 nitrogen and oxygen atoms in total. The molecule has 5 rings (SSSR count). The van der Waals surface area contributed by atoms with Crippen molar-refractivity contribution in [1.82, 2.24) is 19.5 Å². The van der Waals surface area contributed by atoms with Gasteiger partial charge in [0.05, 0.1) is 43.6 Å². The van der Waals surface area contributed by atoms with Gasteiger partial charge in [0.2, 0.25) is 5.95 Å². The maximum Gasteiger partial charge on any atom is 0.296 e. The Morgan fingerprint density at radius 1 is 1.03 bits per heavy atom. The molecule has 1 aromatic carbocycles. The smallest absolute Gasteiger partial charge is 0.296 e. The summed E-state index contributed by atoms with van der Waals surface area (Å²) in [5.74, 6) is 1.15. The van der Waals surface area contributed by atoms with Crippen LogP contribution in [0.2, 0.25) is 0 Å². The fourth-order valence-electron chi connectivity index (χ4n) is 4.84. The van der Waals surface area contributed by atoms with Crippen molar-refractivity contribution < 1.29 is 23.0 Å². The van der Waals surface area contributed by atoms with Gasteiger partial charge in [-0.2, -0.15) is 9.97 Å². The highest BCUT2D eigenvalue weighted by Gasteiger charge is 2.25. The molecule has 0 atom stereocenters. The van der Waals surface area contributed by atoms with Crippen LogP contribution >= 0.6 is 0 Å². The van der Waals surface area contributed by atoms with E-state index in [9.17, 15) is 8.78 Å². The van der Waals surface area contributed by atoms with E-state index < -0.39 is 6.43 Å². The second kappa shape index (κ2) is 11.4. The number of morpholine rings is 1.